The molecule has 0 radical (unpaired) electrons. The first-order valence-electron chi connectivity index (χ1n) is 6.93. The Hall–Kier alpha value is -2.15. The SMILES string of the molecule is CSCCCNc1cc(C)nc(-c2cccc([N+](=O)[O-])c2)n1. The standard InChI is InChI=1S/C15H18N4O2S/c1-11-9-14(16-7-4-8-22-2)18-15(17-11)12-5-3-6-13(10-12)19(20)21/h3,5-6,9-10H,4,7-8H2,1-2H3,(H,16,17,18). The van der Waals surface area contributed by atoms with Crippen LogP contribution in [0.2, 0.25) is 0 Å². The molecule has 116 valence electrons. The van der Waals surface area contributed by atoms with Crippen molar-refractivity contribution in [1.82, 2.24) is 9.97 Å². The number of benzene rings is 1. The Morgan fingerprint density at radius 2 is 2.14 bits per heavy atom. The number of anilines is 1. The van der Waals surface area contributed by atoms with Crippen molar-refractivity contribution in [2.75, 3.05) is 23.9 Å². The van der Waals surface area contributed by atoms with Crippen LogP contribution in [0, 0.1) is 17.0 Å². The number of nitro groups is 1. The monoisotopic (exact) mass is 318 g/mol. The lowest BCUT2D eigenvalue weighted by atomic mass is 10.2. The minimum Gasteiger partial charge on any atom is -0.370 e. The molecule has 0 saturated heterocycles. The average Bonchev–Trinajstić information content (AvgIpc) is 2.51. The first kappa shape index (κ1) is 16.2. The van der Waals surface area contributed by atoms with Gasteiger partial charge in [0.25, 0.3) is 5.69 Å². The van der Waals surface area contributed by atoms with Gasteiger partial charge in [-0.2, -0.15) is 11.8 Å². The van der Waals surface area contributed by atoms with Crippen molar-refractivity contribution in [3.8, 4) is 11.4 Å². The number of aryl methyl sites for hydroxylation is 1. The number of hydrogen-bond donors (Lipinski definition) is 1. The van der Waals surface area contributed by atoms with E-state index in [2.05, 4.69) is 21.5 Å². The molecule has 2 rings (SSSR count). The maximum Gasteiger partial charge on any atom is 0.270 e. The van der Waals surface area contributed by atoms with Gasteiger partial charge in [0.2, 0.25) is 0 Å². The molecule has 0 aliphatic rings. The molecule has 0 amide bonds. The van der Waals surface area contributed by atoms with Crippen LogP contribution >= 0.6 is 11.8 Å². The van der Waals surface area contributed by atoms with Crippen molar-refractivity contribution >= 4 is 23.3 Å². The Morgan fingerprint density at radius 1 is 1.32 bits per heavy atom. The van der Waals surface area contributed by atoms with Gasteiger partial charge in [0.15, 0.2) is 5.82 Å². The Morgan fingerprint density at radius 3 is 2.86 bits per heavy atom. The largest absolute Gasteiger partial charge is 0.370 e. The minimum absolute atomic E-state index is 0.0390. The van der Waals surface area contributed by atoms with Crippen molar-refractivity contribution in [3.05, 3.63) is 46.1 Å². The van der Waals surface area contributed by atoms with Crippen LogP contribution in [0.1, 0.15) is 12.1 Å². The number of nitrogens with one attached hydrogen (secondary N) is 1. The van der Waals surface area contributed by atoms with Gasteiger partial charge < -0.3 is 5.32 Å². The summed E-state index contributed by atoms with van der Waals surface area (Å²) in [4.78, 5) is 19.3. The van der Waals surface area contributed by atoms with Crippen LogP contribution in [0.4, 0.5) is 11.5 Å². The Balaban J connectivity index is 2.22. The zero-order chi connectivity index (χ0) is 15.9. The fraction of sp³-hybridized carbons (Fsp3) is 0.333. The van der Waals surface area contributed by atoms with E-state index < -0.39 is 4.92 Å². The summed E-state index contributed by atoms with van der Waals surface area (Å²) in [6.45, 7) is 2.72. The smallest absolute Gasteiger partial charge is 0.270 e. The van der Waals surface area contributed by atoms with E-state index in [0.29, 0.717) is 11.4 Å². The first-order chi connectivity index (χ1) is 10.6. The molecule has 1 heterocycles. The Kier molecular flexibility index (Phi) is 5.71. The molecule has 0 aliphatic carbocycles. The van der Waals surface area contributed by atoms with Crippen LogP contribution in [-0.2, 0) is 0 Å². The van der Waals surface area contributed by atoms with Crippen LogP contribution in [0.25, 0.3) is 11.4 Å². The summed E-state index contributed by atoms with van der Waals surface area (Å²) in [5.74, 6) is 2.33. The van der Waals surface area contributed by atoms with Crippen LogP contribution in [0.3, 0.4) is 0 Å². The quantitative estimate of drug-likeness (QED) is 0.478. The number of nitrogens with zero attached hydrogens (tertiary/aromatic N) is 3. The van der Waals surface area contributed by atoms with Crippen molar-refractivity contribution in [2.45, 2.75) is 13.3 Å². The molecule has 0 bridgehead atoms. The summed E-state index contributed by atoms with van der Waals surface area (Å²) in [5.41, 5.74) is 1.51. The predicted octanol–water partition coefficient (Wildman–Crippen LogP) is 3.53. The summed E-state index contributed by atoms with van der Waals surface area (Å²) in [7, 11) is 0. The van der Waals surface area contributed by atoms with E-state index in [9.17, 15) is 10.1 Å². The summed E-state index contributed by atoms with van der Waals surface area (Å²) < 4.78 is 0. The molecule has 1 N–H and O–H groups in total. The number of nitro benzene ring substituents is 1. The number of aromatic nitrogens is 2. The summed E-state index contributed by atoms with van der Waals surface area (Å²) in [6, 6.07) is 8.25. The molecule has 7 heteroatoms. The van der Waals surface area contributed by atoms with Gasteiger partial charge in [-0.05, 0) is 25.4 Å². The molecule has 0 unspecified atom stereocenters. The van der Waals surface area contributed by atoms with Gasteiger partial charge in [-0.25, -0.2) is 9.97 Å². The summed E-state index contributed by atoms with van der Waals surface area (Å²) in [5, 5.41) is 14.1. The maximum absolute atomic E-state index is 10.9. The zero-order valence-electron chi connectivity index (χ0n) is 12.6. The number of thioether (sulfide) groups is 1. The number of hydrogen-bond acceptors (Lipinski definition) is 6. The van der Waals surface area contributed by atoms with Crippen molar-refractivity contribution < 1.29 is 4.92 Å². The normalized spacial score (nSPS) is 10.5. The minimum atomic E-state index is -0.416. The molecule has 0 saturated carbocycles. The van der Waals surface area contributed by atoms with Crippen molar-refractivity contribution in [1.29, 1.82) is 0 Å². The van der Waals surface area contributed by atoms with E-state index in [1.165, 1.54) is 12.1 Å². The van der Waals surface area contributed by atoms with Gasteiger partial charge in [-0.3, -0.25) is 10.1 Å². The molecule has 2 aromatic rings. The molecule has 1 aromatic carbocycles. The zero-order valence-corrected chi connectivity index (χ0v) is 13.4. The van der Waals surface area contributed by atoms with Crippen LogP contribution in [0.15, 0.2) is 30.3 Å². The van der Waals surface area contributed by atoms with Gasteiger partial charge in [0.05, 0.1) is 4.92 Å². The molecule has 0 spiro atoms. The van der Waals surface area contributed by atoms with E-state index >= 15 is 0 Å². The van der Waals surface area contributed by atoms with Crippen molar-refractivity contribution in [3.63, 3.8) is 0 Å². The summed E-state index contributed by atoms with van der Waals surface area (Å²) >= 11 is 1.81. The van der Waals surface area contributed by atoms with Gasteiger partial charge in [-0.15, -0.1) is 0 Å². The highest BCUT2D eigenvalue weighted by molar-refractivity contribution is 7.98. The number of rotatable bonds is 7. The van der Waals surface area contributed by atoms with Crippen LogP contribution < -0.4 is 5.32 Å². The van der Waals surface area contributed by atoms with E-state index in [-0.39, 0.29) is 5.69 Å². The molecule has 1 aromatic heterocycles. The molecule has 0 aliphatic heterocycles. The highest BCUT2D eigenvalue weighted by Gasteiger charge is 2.10. The third kappa shape index (κ3) is 4.42. The third-order valence-electron chi connectivity index (χ3n) is 3.00. The van der Waals surface area contributed by atoms with Crippen LogP contribution in [0.5, 0.6) is 0 Å². The molecule has 0 fully saturated rings. The topological polar surface area (TPSA) is 81.0 Å². The third-order valence-corrected chi connectivity index (χ3v) is 3.70. The maximum atomic E-state index is 10.9. The van der Waals surface area contributed by atoms with Crippen molar-refractivity contribution in [2.24, 2.45) is 0 Å². The molecule has 22 heavy (non-hydrogen) atoms. The van der Waals surface area contributed by atoms with E-state index in [4.69, 9.17) is 0 Å². The van der Waals surface area contributed by atoms with Gasteiger partial charge in [0, 0.05) is 36.0 Å². The highest BCUT2D eigenvalue weighted by atomic mass is 32.2. The van der Waals surface area contributed by atoms with Crippen LogP contribution in [-0.4, -0.2) is 33.4 Å². The van der Waals surface area contributed by atoms with Gasteiger partial charge in [-0.1, -0.05) is 12.1 Å². The lowest BCUT2D eigenvalue weighted by molar-refractivity contribution is -0.384. The highest BCUT2D eigenvalue weighted by Crippen LogP contribution is 2.22. The molecule has 0 atom stereocenters. The predicted molar refractivity (Wildman–Crippen MR) is 90.3 cm³/mol. The second kappa shape index (κ2) is 7.74. The summed E-state index contributed by atoms with van der Waals surface area (Å²) in [6.07, 6.45) is 3.13. The lowest BCUT2D eigenvalue weighted by Crippen LogP contribution is -2.06. The lowest BCUT2D eigenvalue weighted by Gasteiger charge is -2.08. The molecule has 6 nitrogen and oxygen atoms in total. The molecular weight excluding hydrogens is 300 g/mol. The van der Waals surface area contributed by atoms with E-state index in [0.717, 1.165) is 30.2 Å². The Bertz CT molecular complexity index is 664. The Labute approximate surface area is 133 Å². The first-order valence-corrected chi connectivity index (χ1v) is 8.33. The van der Waals surface area contributed by atoms with E-state index in [1.54, 1.807) is 12.1 Å². The average molecular weight is 318 g/mol. The van der Waals surface area contributed by atoms with Gasteiger partial charge in [0.1, 0.15) is 5.82 Å². The second-order valence-corrected chi connectivity index (χ2v) is 5.78. The second-order valence-electron chi connectivity index (χ2n) is 4.80. The number of non-ortho nitro benzene ring substituents is 1. The van der Waals surface area contributed by atoms with Gasteiger partial charge >= 0.3 is 0 Å². The molecular formula is C15H18N4O2S. The fourth-order valence-corrected chi connectivity index (χ4v) is 2.41. The fourth-order valence-electron chi connectivity index (χ4n) is 1.98. The van der Waals surface area contributed by atoms with E-state index in [1.807, 2.05) is 24.8 Å².